The molecule has 1 fully saturated rings. The molecule has 80 heavy (non-hydrogen) atoms. The third kappa shape index (κ3) is 39.6. The lowest BCUT2D eigenvalue weighted by Crippen LogP contribution is -2.48. The van der Waals surface area contributed by atoms with Gasteiger partial charge in [-0.1, -0.05) is 89.9 Å². The molecule has 8 amide bonds. The Morgan fingerprint density at radius 1 is 0.537 bits per heavy atom. The fourth-order valence-electron chi connectivity index (χ4n) is 8.85. The Morgan fingerprint density at radius 3 is 1.59 bits per heavy atom. The first kappa shape index (κ1) is 72.2. The molecule has 1 aliphatic rings. The highest BCUT2D eigenvalue weighted by atomic mass is 16.5. The molecule has 0 aromatic rings. The number of unbranched alkanes of at least 4 members (excludes halogenated alkanes) is 15. The molecule has 0 heterocycles. The molecule has 1 saturated carbocycles. The summed E-state index contributed by atoms with van der Waals surface area (Å²) in [6.45, 7) is 0.717. The number of hydrogen-bond donors (Lipinski definition) is 9. The van der Waals surface area contributed by atoms with Gasteiger partial charge in [-0.05, 0) is 63.7 Å². The van der Waals surface area contributed by atoms with Crippen LogP contribution in [0.25, 0.3) is 0 Å². The first-order chi connectivity index (χ1) is 38.4. The van der Waals surface area contributed by atoms with Crippen molar-refractivity contribution >= 4 is 65.7 Å². The minimum Gasteiger partial charge on any atom is -0.481 e. The topological polar surface area (TPSA) is 375 Å². The molecule has 0 saturated heterocycles. The van der Waals surface area contributed by atoms with Gasteiger partial charge in [0.25, 0.3) is 0 Å². The maximum atomic E-state index is 13.1. The van der Waals surface area contributed by atoms with E-state index < -0.39 is 83.9 Å². The quantitative estimate of drug-likeness (QED) is 0.0312. The number of rotatable bonds is 52. The minimum absolute atomic E-state index is 0.00181. The molecule has 3 atom stereocenters. The third-order valence-corrected chi connectivity index (χ3v) is 13.7. The summed E-state index contributed by atoms with van der Waals surface area (Å²) in [5, 5.41) is 41.0. The third-order valence-electron chi connectivity index (χ3n) is 13.7. The van der Waals surface area contributed by atoms with Crippen LogP contribution in [0.2, 0.25) is 0 Å². The zero-order valence-corrected chi connectivity index (χ0v) is 47.3. The number of nitrogens with two attached hydrogens (primary N) is 1. The summed E-state index contributed by atoms with van der Waals surface area (Å²) < 4.78 is 21.4. The number of aliphatic carboxylic acids is 3. The summed E-state index contributed by atoms with van der Waals surface area (Å²) in [6, 6.07) is -2.62. The fourth-order valence-corrected chi connectivity index (χ4v) is 8.85. The predicted molar refractivity (Wildman–Crippen MR) is 292 cm³/mol. The van der Waals surface area contributed by atoms with E-state index in [1.54, 1.807) is 0 Å². The van der Waals surface area contributed by atoms with Gasteiger partial charge in [0.05, 0.1) is 39.6 Å². The van der Waals surface area contributed by atoms with Crippen molar-refractivity contribution in [3.8, 4) is 0 Å². The van der Waals surface area contributed by atoms with Gasteiger partial charge in [0.15, 0.2) is 0 Å². The second kappa shape index (κ2) is 46.9. The standard InChI is InChI=1S/C55H95N7O18/c1-62(40-63)49(67)28-26-45(52(56)72)80-37-36-78-32-30-57-48(66)39-79-35-34-77-33-31-58-54(74)43(25-29-51(70)71)60-47(65)27-24-44(55(75)76)61-53(73)42-22-20-41(21-23-42)38-59-46(64)18-16-14-12-10-8-6-4-2-3-5-7-9-11-13-15-17-19-50(68)69/h40-45H,2-39H2,1H3,(H2,56,72)(H,57,66)(H,58,74)(H,59,64)(H,60,65)(H,61,73)(H,68,69)(H,70,71)(H,75,76)/t41?,42?,43?,44-,45-/m0/s1. The Kier molecular flexibility index (Phi) is 42.3. The van der Waals surface area contributed by atoms with Crippen molar-refractivity contribution < 1.29 is 87.0 Å². The van der Waals surface area contributed by atoms with Crippen LogP contribution < -0.4 is 32.3 Å². The lowest BCUT2D eigenvalue weighted by atomic mass is 9.81. The van der Waals surface area contributed by atoms with Gasteiger partial charge in [-0.2, -0.15) is 0 Å². The van der Waals surface area contributed by atoms with Gasteiger partial charge in [0, 0.05) is 64.7 Å². The lowest BCUT2D eigenvalue weighted by Gasteiger charge is -2.28. The van der Waals surface area contributed by atoms with E-state index in [9.17, 15) is 63.0 Å². The number of carbonyl (C=O) groups is 11. The average molecular weight is 1140 g/mol. The van der Waals surface area contributed by atoms with E-state index in [0.717, 1.165) is 43.4 Å². The molecule has 0 bridgehead atoms. The summed E-state index contributed by atoms with van der Waals surface area (Å²) in [6.07, 6.45) is 19.4. The van der Waals surface area contributed by atoms with Crippen molar-refractivity contribution in [3.63, 3.8) is 0 Å². The molecule has 25 nitrogen and oxygen atoms in total. The molecule has 25 heteroatoms. The highest BCUT2D eigenvalue weighted by molar-refractivity contribution is 5.89. The Labute approximate surface area is 471 Å². The molecule has 0 aromatic heterocycles. The van der Waals surface area contributed by atoms with E-state index in [1.807, 2.05) is 0 Å². The molecule has 1 rings (SSSR count). The van der Waals surface area contributed by atoms with Crippen LogP contribution in [0.1, 0.15) is 180 Å². The zero-order valence-electron chi connectivity index (χ0n) is 47.3. The highest BCUT2D eigenvalue weighted by Crippen LogP contribution is 2.29. The molecule has 458 valence electrons. The van der Waals surface area contributed by atoms with E-state index in [4.69, 9.17) is 29.8 Å². The van der Waals surface area contributed by atoms with Gasteiger partial charge >= 0.3 is 17.9 Å². The monoisotopic (exact) mass is 1140 g/mol. The maximum Gasteiger partial charge on any atom is 0.326 e. The van der Waals surface area contributed by atoms with Crippen LogP contribution in [0.15, 0.2) is 0 Å². The summed E-state index contributed by atoms with van der Waals surface area (Å²) in [5.74, 6) is -6.93. The van der Waals surface area contributed by atoms with E-state index in [1.165, 1.54) is 71.3 Å². The summed E-state index contributed by atoms with van der Waals surface area (Å²) in [4.78, 5) is 132. The first-order valence-corrected chi connectivity index (χ1v) is 28.9. The second-order valence-corrected chi connectivity index (χ2v) is 20.4. The number of imide groups is 1. The largest absolute Gasteiger partial charge is 0.481 e. The summed E-state index contributed by atoms with van der Waals surface area (Å²) >= 11 is 0. The number of ether oxygens (including phenoxy) is 4. The van der Waals surface area contributed by atoms with E-state index in [0.29, 0.717) is 45.1 Å². The normalized spacial score (nSPS) is 15.1. The smallest absolute Gasteiger partial charge is 0.326 e. The van der Waals surface area contributed by atoms with Crippen molar-refractivity contribution in [2.45, 2.75) is 198 Å². The highest BCUT2D eigenvalue weighted by Gasteiger charge is 2.31. The van der Waals surface area contributed by atoms with Gasteiger partial charge in [-0.3, -0.25) is 52.8 Å². The average Bonchev–Trinajstić information content (AvgIpc) is 3.43. The molecule has 0 radical (unpaired) electrons. The Morgan fingerprint density at radius 2 is 1.05 bits per heavy atom. The first-order valence-electron chi connectivity index (χ1n) is 28.9. The van der Waals surface area contributed by atoms with Crippen LogP contribution >= 0.6 is 0 Å². The molecular weight excluding hydrogens is 1050 g/mol. The van der Waals surface area contributed by atoms with Gasteiger partial charge in [0.2, 0.25) is 47.8 Å². The minimum atomic E-state index is -1.38. The molecule has 10 N–H and O–H groups in total. The van der Waals surface area contributed by atoms with Crippen molar-refractivity contribution in [2.24, 2.45) is 17.6 Å². The van der Waals surface area contributed by atoms with Crippen molar-refractivity contribution in [1.82, 2.24) is 31.5 Å². The predicted octanol–water partition coefficient (Wildman–Crippen LogP) is 3.26. The van der Waals surface area contributed by atoms with E-state index in [-0.39, 0.29) is 110 Å². The number of carboxylic acids is 3. The summed E-state index contributed by atoms with van der Waals surface area (Å²) in [7, 11) is 1.29. The maximum absolute atomic E-state index is 13.1. The number of nitrogens with zero attached hydrogens (tertiary/aromatic N) is 1. The van der Waals surface area contributed by atoms with E-state index in [2.05, 4.69) is 26.6 Å². The van der Waals surface area contributed by atoms with Gasteiger partial charge in [0.1, 0.15) is 24.8 Å². The molecule has 1 unspecified atom stereocenters. The van der Waals surface area contributed by atoms with Gasteiger partial charge in [-0.15, -0.1) is 0 Å². The van der Waals surface area contributed by atoms with Crippen molar-refractivity contribution in [2.75, 3.05) is 72.9 Å². The SMILES string of the molecule is CN(C=O)C(=O)CC[C@H](OCCOCCNC(=O)COCCOCCNC(=O)C(CCC(=O)O)NC(=O)CC[C@H](NC(=O)C1CCC(CNC(=O)CCCCCCCCCCCCCCCCCCC(=O)O)CC1)C(=O)O)C(N)=O. The van der Waals surface area contributed by atoms with Crippen LogP contribution in [0.5, 0.6) is 0 Å². The number of nitrogens with one attached hydrogen (secondary N) is 5. The molecule has 0 aliphatic heterocycles. The Bertz CT molecular complexity index is 1840. The van der Waals surface area contributed by atoms with E-state index >= 15 is 0 Å². The number of carbonyl (C=O) groups excluding carboxylic acids is 8. The fraction of sp³-hybridized carbons (Fsp3) is 0.800. The number of hydrogen-bond acceptors (Lipinski definition) is 15. The number of primary amides is 1. The number of amides is 8. The molecule has 0 aromatic carbocycles. The Balaban J connectivity index is 2.22. The lowest BCUT2D eigenvalue weighted by molar-refractivity contribution is -0.143. The van der Waals surface area contributed by atoms with Crippen LogP contribution in [-0.4, -0.2) is 177 Å². The van der Waals surface area contributed by atoms with Gasteiger partial charge in [-0.25, -0.2) is 4.79 Å². The van der Waals surface area contributed by atoms with Crippen LogP contribution in [0, 0.1) is 11.8 Å². The number of carboxylic acid groups (broad SMARTS) is 3. The van der Waals surface area contributed by atoms with Crippen LogP contribution in [0.3, 0.4) is 0 Å². The molecular formula is C55H95N7O18. The zero-order chi connectivity index (χ0) is 59.2. The van der Waals surface area contributed by atoms with Crippen LogP contribution in [0.4, 0.5) is 0 Å². The van der Waals surface area contributed by atoms with Gasteiger partial charge < -0.3 is 66.6 Å². The van der Waals surface area contributed by atoms with Crippen molar-refractivity contribution in [3.05, 3.63) is 0 Å². The van der Waals surface area contributed by atoms with Crippen molar-refractivity contribution in [1.29, 1.82) is 0 Å². The Hall–Kier alpha value is -5.79. The second-order valence-electron chi connectivity index (χ2n) is 20.4. The van der Waals surface area contributed by atoms with Crippen LogP contribution in [-0.2, 0) is 71.7 Å². The molecule has 0 spiro atoms. The summed E-state index contributed by atoms with van der Waals surface area (Å²) in [5.41, 5.74) is 5.30. The molecule has 1 aliphatic carbocycles.